The second-order valence-corrected chi connectivity index (χ2v) is 13.4. The molecule has 1 saturated heterocycles. The Hall–Kier alpha value is -2.16. The maximum atomic E-state index is 13.2. The SMILES string of the molecule is COC(=O)[C@@H]1C[C@@]2(O[Si](C)(C)C)C=C[C@H](O)[C@H](C)C2N1C(=O)OCc1ccccc1. The van der Waals surface area contributed by atoms with Gasteiger partial charge in [-0.3, -0.25) is 4.90 Å². The molecule has 1 aromatic carbocycles. The number of nitrogens with zero attached hydrogens (tertiary/aromatic N) is 1. The summed E-state index contributed by atoms with van der Waals surface area (Å²) >= 11 is 0. The zero-order valence-electron chi connectivity index (χ0n) is 18.2. The normalized spacial score (nSPS) is 30.7. The minimum Gasteiger partial charge on any atom is -0.467 e. The summed E-state index contributed by atoms with van der Waals surface area (Å²) in [5.41, 5.74) is -0.0193. The number of carbonyl (C=O) groups excluding carboxylic acids is 2. The van der Waals surface area contributed by atoms with Gasteiger partial charge in [-0.15, -0.1) is 0 Å². The lowest BCUT2D eigenvalue weighted by Gasteiger charge is -2.46. The van der Waals surface area contributed by atoms with Gasteiger partial charge in [-0.1, -0.05) is 49.4 Å². The van der Waals surface area contributed by atoms with Gasteiger partial charge in [0.05, 0.1) is 24.9 Å². The van der Waals surface area contributed by atoms with Gasteiger partial charge in [-0.2, -0.15) is 0 Å². The molecule has 5 atom stereocenters. The van der Waals surface area contributed by atoms with Gasteiger partial charge >= 0.3 is 12.1 Å². The first kappa shape index (κ1) is 22.5. The maximum absolute atomic E-state index is 13.2. The molecule has 1 amide bonds. The topological polar surface area (TPSA) is 85.3 Å². The van der Waals surface area contributed by atoms with Crippen molar-refractivity contribution in [1.82, 2.24) is 4.90 Å². The summed E-state index contributed by atoms with van der Waals surface area (Å²) in [5, 5.41) is 10.5. The first-order valence-electron chi connectivity index (χ1n) is 10.2. The lowest BCUT2D eigenvalue weighted by Crippen LogP contribution is -2.59. The van der Waals surface area contributed by atoms with E-state index in [-0.39, 0.29) is 18.9 Å². The van der Waals surface area contributed by atoms with E-state index in [4.69, 9.17) is 13.9 Å². The summed E-state index contributed by atoms with van der Waals surface area (Å²) in [6, 6.07) is 7.96. The number of aliphatic hydroxyl groups is 1. The average Bonchev–Trinajstić information content (AvgIpc) is 3.03. The van der Waals surface area contributed by atoms with Crippen molar-refractivity contribution in [3.05, 3.63) is 48.0 Å². The van der Waals surface area contributed by atoms with Crippen molar-refractivity contribution in [3.63, 3.8) is 0 Å². The summed E-state index contributed by atoms with van der Waals surface area (Å²) in [6.07, 6.45) is 2.42. The molecule has 7 nitrogen and oxygen atoms in total. The van der Waals surface area contributed by atoms with Crippen molar-refractivity contribution >= 4 is 20.4 Å². The molecule has 8 heteroatoms. The highest BCUT2D eigenvalue weighted by Crippen LogP contribution is 2.47. The van der Waals surface area contributed by atoms with Gasteiger partial charge in [0.15, 0.2) is 8.32 Å². The summed E-state index contributed by atoms with van der Waals surface area (Å²) < 4.78 is 17.1. The molecule has 1 fully saturated rings. The predicted octanol–water partition coefficient (Wildman–Crippen LogP) is 3.10. The number of esters is 1. The predicted molar refractivity (Wildman–Crippen MR) is 114 cm³/mol. The lowest BCUT2D eigenvalue weighted by atomic mass is 9.78. The van der Waals surface area contributed by atoms with E-state index in [0.29, 0.717) is 0 Å². The fourth-order valence-electron chi connectivity index (χ4n) is 4.51. The molecule has 164 valence electrons. The smallest absolute Gasteiger partial charge is 0.411 e. The molecule has 0 aromatic heterocycles. The van der Waals surface area contributed by atoms with E-state index < -0.39 is 44.2 Å². The molecule has 1 aliphatic carbocycles. The number of rotatable bonds is 5. The van der Waals surface area contributed by atoms with Gasteiger partial charge in [-0.25, -0.2) is 9.59 Å². The van der Waals surface area contributed by atoms with E-state index in [9.17, 15) is 14.7 Å². The largest absolute Gasteiger partial charge is 0.467 e. The number of ether oxygens (including phenoxy) is 2. The van der Waals surface area contributed by atoms with Crippen molar-refractivity contribution in [2.75, 3.05) is 7.11 Å². The van der Waals surface area contributed by atoms with Gasteiger partial charge in [0.1, 0.15) is 12.6 Å². The Balaban J connectivity index is 1.96. The molecule has 1 aliphatic heterocycles. The van der Waals surface area contributed by atoms with Crippen LogP contribution in [0.2, 0.25) is 19.6 Å². The molecule has 0 saturated carbocycles. The third-order valence-electron chi connectivity index (χ3n) is 5.65. The standard InChI is InChI=1S/C22H31NO6Si/c1-15-18(24)11-12-22(29-30(3,4)5)13-17(20(25)27-2)23(19(15)22)21(26)28-14-16-9-7-6-8-10-16/h6-12,15,17-19,24H,13-14H2,1-5H3/t15-,17-,18-,19?,22-/m0/s1. The number of amides is 1. The molecule has 1 N–H and O–H groups in total. The summed E-state index contributed by atoms with van der Waals surface area (Å²) in [4.78, 5) is 27.3. The van der Waals surface area contributed by atoms with E-state index in [0.717, 1.165) is 5.56 Å². The highest BCUT2D eigenvalue weighted by molar-refractivity contribution is 6.69. The van der Waals surface area contributed by atoms with Crippen LogP contribution in [0.5, 0.6) is 0 Å². The van der Waals surface area contributed by atoms with Crippen LogP contribution in [0.4, 0.5) is 4.79 Å². The Kier molecular flexibility index (Phi) is 6.40. The number of carbonyl (C=O) groups is 2. The molecule has 0 spiro atoms. The molecule has 0 radical (unpaired) electrons. The van der Waals surface area contributed by atoms with E-state index >= 15 is 0 Å². The Labute approximate surface area is 178 Å². The Bertz CT molecular complexity index is 808. The van der Waals surface area contributed by atoms with Crippen molar-refractivity contribution in [2.24, 2.45) is 5.92 Å². The summed E-state index contributed by atoms with van der Waals surface area (Å²) in [7, 11) is -0.762. The van der Waals surface area contributed by atoms with Crippen molar-refractivity contribution in [1.29, 1.82) is 0 Å². The van der Waals surface area contributed by atoms with Gasteiger partial charge in [0.2, 0.25) is 0 Å². The van der Waals surface area contributed by atoms with Gasteiger partial charge in [0.25, 0.3) is 0 Å². The molecule has 2 aliphatic rings. The summed E-state index contributed by atoms with van der Waals surface area (Å²) in [6.45, 7) is 8.13. The minimum atomic E-state index is -2.07. The van der Waals surface area contributed by atoms with Crippen LogP contribution in [-0.2, 0) is 25.3 Å². The van der Waals surface area contributed by atoms with Gasteiger partial charge in [0, 0.05) is 12.3 Å². The number of methoxy groups -OCH3 is 1. The zero-order chi connectivity index (χ0) is 22.1. The van der Waals surface area contributed by atoms with Crippen LogP contribution in [-0.4, -0.2) is 61.3 Å². The summed E-state index contributed by atoms with van der Waals surface area (Å²) in [5.74, 6) is -0.861. The number of benzene rings is 1. The number of hydrogen-bond acceptors (Lipinski definition) is 6. The Morgan fingerprint density at radius 3 is 2.50 bits per heavy atom. The van der Waals surface area contributed by atoms with E-state index in [1.54, 1.807) is 6.08 Å². The van der Waals surface area contributed by atoms with Crippen LogP contribution in [0.15, 0.2) is 42.5 Å². The third kappa shape index (κ3) is 4.45. The first-order chi connectivity index (χ1) is 14.1. The van der Waals surface area contributed by atoms with Crippen LogP contribution < -0.4 is 0 Å². The number of aliphatic hydroxyl groups excluding tert-OH is 1. The Morgan fingerprint density at radius 1 is 1.23 bits per heavy atom. The zero-order valence-corrected chi connectivity index (χ0v) is 19.2. The van der Waals surface area contributed by atoms with Crippen molar-refractivity contribution in [2.45, 2.75) is 63.4 Å². The number of hydrogen-bond donors (Lipinski definition) is 1. The second-order valence-electron chi connectivity index (χ2n) is 9.01. The van der Waals surface area contributed by atoms with E-state index in [2.05, 4.69) is 19.6 Å². The monoisotopic (exact) mass is 433 g/mol. The average molecular weight is 434 g/mol. The highest BCUT2D eigenvalue weighted by atomic mass is 28.4. The van der Waals surface area contributed by atoms with Crippen molar-refractivity contribution in [3.8, 4) is 0 Å². The number of fused-ring (bicyclic) bond motifs is 1. The molecule has 1 aromatic rings. The Morgan fingerprint density at radius 2 is 1.90 bits per heavy atom. The molecule has 1 unspecified atom stereocenters. The van der Waals surface area contributed by atoms with Crippen LogP contribution in [0, 0.1) is 5.92 Å². The first-order valence-corrected chi connectivity index (χ1v) is 13.6. The van der Waals surface area contributed by atoms with Crippen LogP contribution >= 0.6 is 0 Å². The fraction of sp³-hybridized carbons (Fsp3) is 0.545. The van der Waals surface area contributed by atoms with Crippen LogP contribution in [0.1, 0.15) is 18.9 Å². The molecule has 3 rings (SSSR count). The van der Waals surface area contributed by atoms with E-state index in [1.165, 1.54) is 12.0 Å². The van der Waals surface area contributed by atoms with Crippen LogP contribution in [0.3, 0.4) is 0 Å². The minimum absolute atomic E-state index is 0.0887. The third-order valence-corrected chi connectivity index (χ3v) is 6.64. The van der Waals surface area contributed by atoms with Crippen molar-refractivity contribution < 1.29 is 28.6 Å². The lowest BCUT2D eigenvalue weighted by molar-refractivity contribution is -0.146. The second kappa shape index (κ2) is 8.53. The fourth-order valence-corrected chi connectivity index (χ4v) is 5.92. The van der Waals surface area contributed by atoms with Gasteiger partial charge < -0.3 is 19.0 Å². The van der Waals surface area contributed by atoms with Crippen LogP contribution in [0.25, 0.3) is 0 Å². The molecule has 30 heavy (non-hydrogen) atoms. The number of likely N-dealkylation sites (tertiary alicyclic amines) is 1. The quantitative estimate of drug-likeness (QED) is 0.436. The maximum Gasteiger partial charge on any atom is 0.411 e. The molecular weight excluding hydrogens is 402 g/mol. The molecule has 0 bridgehead atoms. The highest BCUT2D eigenvalue weighted by Gasteiger charge is 2.61. The van der Waals surface area contributed by atoms with E-state index in [1.807, 2.05) is 43.3 Å². The molecule has 1 heterocycles. The van der Waals surface area contributed by atoms with Gasteiger partial charge in [-0.05, 0) is 25.2 Å². The molecular formula is C22H31NO6Si.